The first-order chi connectivity index (χ1) is 13.0. The Hall–Kier alpha value is -2.80. The van der Waals surface area contributed by atoms with Gasteiger partial charge in [-0.25, -0.2) is 0 Å². The van der Waals surface area contributed by atoms with Gasteiger partial charge in [-0.1, -0.05) is 5.16 Å². The van der Waals surface area contributed by atoms with E-state index in [-0.39, 0.29) is 17.9 Å². The van der Waals surface area contributed by atoms with E-state index in [1.54, 1.807) is 7.11 Å². The Morgan fingerprint density at radius 2 is 2.19 bits per heavy atom. The van der Waals surface area contributed by atoms with E-state index in [1.165, 1.54) is 0 Å². The second kappa shape index (κ2) is 7.08. The van der Waals surface area contributed by atoms with Crippen LogP contribution in [0.15, 0.2) is 34.9 Å². The number of nitrogens with one attached hydrogen (secondary N) is 1. The molecule has 0 aliphatic carbocycles. The maximum absolute atomic E-state index is 12.9. The molecule has 0 saturated carbocycles. The Kier molecular flexibility index (Phi) is 4.61. The molecular formula is C20H23N3O4. The molecule has 1 amide bonds. The lowest BCUT2D eigenvalue weighted by Gasteiger charge is -2.18. The Morgan fingerprint density at radius 1 is 1.33 bits per heavy atom. The zero-order valence-corrected chi connectivity index (χ0v) is 15.7. The molecular weight excluding hydrogens is 346 g/mol. The minimum atomic E-state index is -0.109. The second-order valence-corrected chi connectivity index (χ2v) is 7.03. The van der Waals surface area contributed by atoms with E-state index in [4.69, 9.17) is 14.0 Å². The quantitative estimate of drug-likeness (QED) is 0.747. The summed E-state index contributed by atoms with van der Waals surface area (Å²) >= 11 is 0. The van der Waals surface area contributed by atoms with Crippen LogP contribution in [0.3, 0.4) is 0 Å². The fraction of sp³-hybridized carbons (Fsp3) is 0.400. The highest BCUT2D eigenvalue weighted by Crippen LogP contribution is 2.25. The van der Waals surface area contributed by atoms with Crippen molar-refractivity contribution in [2.24, 2.45) is 13.0 Å². The van der Waals surface area contributed by atoms with Crippen LogP contribution in [0.1, 0.15) is 21.9 Å². The van der Waals surface area contributed by atoms with Gasteiger partial charge in [0.25, 0.3) is 5.91 Å². The topological polar surface area (TPSA) is 78.5 Å². The minimum Gasteiger partial charge on any atom is -0.497 e. The summed E-state index contributed by atoms with van der Waals surface area (Å²) in [5.41, 5.74) is 2.42. The van der Waals surface area contributed by atoms with E-state index in [2.05, 4.69) is 10.5 Å². The Balaban J connectivity index is 1.51. The summed E-state index contributed by atoms with van der Waals surface area (Å²) in [6.07, 6.45) is 0.693. The monoisotopic (exact) mass is 369 g/mol. The first-order valence-corrected chi connectivity index (χ1v) is 8.99. The summed E-state index contributed by atoms with van der Waals surface area (Å²) < 4.78 is 18.1. The summed E-state index contributed by atoms with van der Waals surface area (Å²) in [6, 6.07) is 9.54. The molecule has 0 spiro atoms. The number of aryl methyl sites for hydroxylation is 2. The Labute approximate surface area is 157 Å². The first-order valence-electron chi connectivity index (χ1n) is 8.99. The SMILES string of the molecule is COc1ccc2cc(C(=O)N[C@H]3COC[C@H]3Cc3cc(C)no3)n(C)c2c1. The molecule has 4 rings (SSSR count). The molecule has 27 heavy (non-hydrogen) atoms. The molecule has 3 heterocycles. The zero-order valence-electron chi connectivity index (χ0n) is 15.7. The van der Waals surface area contributed by atoms with Gasteiger partial charge in [0.15, 0.2) is 0 Å². The van der Waals surface area contributed by atoms with Crippen LogP contribution in [-0.4, -0.2) is 42.0 Å². The highest BCUT2D eigenvalue weighted by molar-refractivity contribution is 5.99. The van der Waals surface area contributed by atoms with E-state index in [1.807, 2.05) is 48.9 Å². The van der Waals surface area contributed by atoms with Crippen LogP contribution >= 0.6 is 0 Å². The second-order valence-electron chi connectivity index (χ2n) is 7.03. The molecule has 1 aliphatic rings. The standard InChI is InChI=1S/C20H23N3O4/c1-12-6-16(27-22-12)7-14-10-26-11-17(14)21-20(24)19-8-13-4-5-15(25-3)9-18(13)23(19)2/h4-6,8-9,14,17H,7,10-11H2,1-3H3,(H,21,24)/t14-,17+/m1/s1. The van der Waals surface area contributed by atoms with Crippen molar-refractivity contribution in [3.63, 3.8) is 0 Å². The van der Waals surface area contributed by atoms with Crippen molar-refractivity contribution in [3.05, 3.63) is 47.5 Å². The molecule has 7 nitrogen and oxygen atoms in total. The van der Waals surface area contributed by atoms with Crippen LogP contribution < -0.4 is 10.1 Å². The average Bonchev–Trinajstić information content (AvgIpc) is 3.35. The minimum absolute atomic E-state index is 0.0598. The van der Waals surface area contributed by atoms with Crippen LogP contribution in [0.5, 0.6) is 5.75 Å². The molecule has 1 N–H and O–H groups in total. The van der Waals surface area contributed by atoms with E-state index >= 15 is 0 Å². The number of aromatic nitrogens is 2. The van der Waals surface area contributed by atoms with Crippen molar-refractivity contribution >= 4 is 16.8 Å². The van der Waals surface area contributed by atoms with Crippen LogP contribution in [0, 0.1) is 12.8 Å². The fourth-order valence-corrected chi connectivity index (χ4v) is 3.63. The largest absolute Gasteiger partial charge is 0.497 e. The number of rotatable bonds is 5. The predicted octanol–water partition coefficient (Wildman–Crippen LogP) is 2.47. The number of amides is 1. The molecule has 7 heteroatoms. The molecule has 3 aromatic rings. The van der Waals surface area contributed by atoms with Crippen molar-refractivity contribution in [3.8, 4) is 5.75 Å². The molecule has 0 radical (unpaired) electrons. The summed E-state index contributed by atoms with van der Waals surface area (Å²) in [5, 5.41) is 8.05. The van der Waals surface area contributed by atoms with Gasteiger partial charge in [-0.3, -0.25) is 4.79 Å². The zero-order chi connectivity index (χ0) is 19.0. The summed E-state index contributed by atoms with van der Waals surface area (Å²) in [5.74, 6) is 1.64. The van der Waals surface area contributed by atoms with Crippen molar-refractivity contribution in [2.45, 2.75) is 19.4 Å². The molecule has 1 aliphatic heterocycles. The van der Waals surface area contributed by atoms with Gasteiger partial charge in [-0.05, 0) is 25.1 Å². The average molecular weight is 369 g/mol. The van der Waals surface area contributed by atoms with Crippen molar-refractivity contribution in [1.82, 2.24) is 15.0 Å². The molecule has 2 aromatic heterocycles. The molecule has 1 saturated heterocycles. The van der Waals surface area contributed by atoms with E-state index in [0.29, 0.717) is 25.3 Å². The smallest absolute Gasteiger partial charge is 0.268 e. The Morgan fingerprint density at radius 3 is 2.93 bits per heavy atom. The lowest BCUT2D eigenvalue weighted by atomic mass is 9.98. The maximum Gasteiger partial charge on any atom is 0.268 e. The van der Waals surface area contributed by atoms with E-state index in [0.717, 1.165) is 28.1 Å². The summed E-state index contributed by atoms with van der Waals surface area (Å²) in [6.45, 7) is 2.99. The van der Waals surface area contributed by atoms with Gasteiger partial charge in [0.1, 0.15) is 17.2 Å². The van der Waals surface area contributed by atoms with Crippen LogP contribution in [-0.2, 0) is 18.2 Å². The number of nitrogens with zero attached hydrogens (tertiary/aromatic N) is 2. The van der Waals surface area contributed by atoms with Crippen LogP contribution in [0.4, 0.5) is 0 Å². The molecule has 0 bridgehead atoms. The highest BCUT2D eigenvalue weighted by atomic mass is 16.5. The van der Waals surface area contributed by atoms with Gasteiger partial charge in [0.05, 0.1) is 37.6 Å². The van der Waals surface area contributed by atoms with Crippen LogP contribution in [0.2, 0.25) is 0 Å². The number of fused-ring (bicyclic) bond motifs is 1. The number of ether oxygens (including phenoxy) is 2. The van der Waals surface area contributed by atoms with Gasteiger partial charge in [0.2, 0.25) is 0 Å². The summed E-state index contributed by atoms with van der Waals surface area (Å²) in [7, 11) is 3.52. The van der Waals surface area contributed by atoms with E-state index < -0.39 is 0 Å². The number of carbonyl (C=O) groups is 1. The van der Waals surface area contributed by atoms with Gasteiger partial charge in [0, 0.05) is 36.9 Å². The summed E-state index contributed by atoms with van der Waals surface area (Å²) in [4.78, 5) is 12.9. The van der Waals surface area contributed by atoms with Gasteiger partial charge in [-0.15, -0.1) is 0 Å². The fourth-order valence-electron chi connectivity index (χ4n) is 3.63. The molecule has 2 atom stereocenters. The normalized spacial score (nSPS) is 19.5. The van der Waals surface area contributed by atoms with Crippen LogP contribution in [0.25, 0.3) is 10.9 Å². The van der Waals surface area contributed by atoms with Crippen molar-refractivity contribution < 1.29 is 18.8 Å². The molecule has 1 aromatic carbocycles. The third kappa shape index (κ3) is 3.42. The number of carbonyl (C=O) groups excluding carboxylic acids is 1. The third-order valence-corrected chi connectivity index (χ3v) is 5.14. The number of hydrogen-bond acceptors (Lipinski definition) is 5. The number of methoxy groups -OCH3 is 1. The van der Waals surface area contributed by atoms with E-state index in [9.17, 15) is 4.79 Å². The van der Waals surface area contributed by atoms with Gasteiger partial charge in [-0.2, -0.15) is 0 Å². The number of benzene rings is 1. The highest BCUT2D eigenvalue weighted by Gasteiger charge is 2.31. The first kappa shape index (κ1) is 17.6. The van der Waals surface area contributed by atoms with Gasteiger partial charge >= 0.3 is 0 Å². The van der Waals surface area contributed by atoms with Gasteiger partial charge < -0.3 is 23.9 Å². The van der Waals surface area contributed by atoms with Crippen molar-refractivity contribution in [2.75, 3.05) is 20.3 Å². The number of hydrogen-bond donors (Lipinski definition) is 1. The lowest BCUT2D eigenvalue weighted by Crippen LogP contribution is -2.41. The predicted molar refractivity (Wildman–Crippen MR) is 100.0 cm³/mol. The molecule has 0 unspecified atom stereocenters. The van der Waals surface area contributed by atoms with Crippen molar-refractivity contribution in [1.29, 1.82) is 0 Å². The maximum atomic E-state index is 12.9. The third-order valence-electron chi connectivity index (χ3n) is 5.14. The Bertz CT molecular complexity index is 975. The lowest BCUT2D eigenvalue weighted by molar-refractivity contribution is 0.0916. The molecule has 142 valence electrons. The molecule has 1 fully saturated rings.